The van der Waals surface area contributed by atoms with Gasteiger partial charge in [-0.15, -0.1) is 0 Å². The minimum absolute atomic E-state index is 0.0132. The van der Waals surface area contributed by atoms with E-state index in [9.17, 15) is 31.9 Å². The third-order valence-electron chi connectivity index (χ3n) is 2.61. The van der Waals surface area contributed by atoms with Crippen LogP contribution in [-0.4, -0.2) is 42.2 Å². The van der Waals surface area contributed by atoms with Gasteiger partial charge in [-0.1, -0.05) is 26.7 Å². The van der Waals surface area contributed by atoms with Crippen LogP contribution in [0.1, 0.15) is 39.5 Å². The largest absolute Gasteiger partial charge is 0.461 e. The van der Waals surface area contributed by atoms with Gasteiger partial charge in [-0.05, 0) is 12.8 Å². The van der Waals surface area contributed by atoms with Crippen LogP contribution in [0.2, 0.25) is 0 Å². The fourth-order valence-corrected chi connectivity index (χ4v) is 1.25. The summed E-state index contributed by atoms with van der Waals surface area (Å²) in [5.41, 5.74) is 0. The Labute approximate surface area is 119 Å². The van der Waals surface area contributed by atoms with Crippen LogP contribution in [0.15, 0.2) is 0 Å². The molecular weight excluding hydrogens is 303 g/mol. The summed E-state index contributed by atoms with van der Waals surface area (Å²) >= 11 is 0. The van der Waals surface area contributed by atoms with Gasteiger partial charge >= 0.3 is 23.9 Å². The van der Waals surface area contributed by atoms with Gasteiger partial charge in [-0.25, -0.2) is 4.79 Å². The lowest BCUT2D eigenvalue weighted by molar-refractivity contribution is -0.422. The van der Waals surface area contributed by atoms with E-state index in [-0.39, 0.29) is 12.8 Å². The number of ether oxygens (including phenoxy) is 2. The molecule has 0 spiro atoms. The first-order chi connectivity index (χ1) is 9.54. The number of unbranched alkanes of at least 4 members (excludes halogenated alkanes) is 2. The molecule has 1 N–H and O–H groups in total. The molecule has 0 saturated heterocycles. The molecular formula is C12H19F5O4. The lowest BCUT2D eigenvalue weighted by Gasteiger charge is -2.34. The van der Waals surface area contributed by atoms with E-state index in [1.807, 2.05) is 0 Å². The predicted octanol–water partition coefficient (Wildman–Crippen LogP) is 3.03. The molecule has 0 fully saturated rings. The molecule has 0 rings (SSSR count). The number of carbonyl (C=O) groups is 1. The van der Waals surface area contributed by atoms with Gasteiger partial charge in [0.25, 0.3) is 0 Å². The van der Waals surface area contributed by atoms with Crippen LogP contribution in [0.4, 0.5) is 22.0 Å². The van der Waals surface area contributed by atoms with Crippen molar-refractivity contribution in [3.05, 3.63) is 0 Å². The molecule has 1 unspecified atom stereocenters. The number of rotatable bonds is 9. The van der Waals surface area contributed by atoms with E-state index in [2.05, 4.69) is 9.47 Å². The maximum Gasteiger partial charge on any atom is 0.450 e. The third-order valence-corrected chi connectivity index (χ3v) is 2.61. The maximum atomic E-state index is 13.6. The van der Waals surface area contributed by atoms with E-state index in [4.69, 9.17) is 0 Å². The number of halogens is 5. The molecule has 126 valence electrons. The Balaban J connectivity index is 5.15. The first-order valence-corrected chi connectivity index (χ1v) is 6.52. The Bertz CT molecular complexity index is 332. The van der Waals surface area contributed by atoms with Crippen molar-refractivity contribution in [1.82, 2.24) is 0 Å². The van der Waals surface area contributed by atoms with E-state index in [1.165, 1.54) is 0 Å². The zero-order chi connectivity index (χ0) is 16.7. The highest BCUT2D eigenvalue weighted by Crippen LogP contribution is 2.43. The number of aliphatic hydroxyl groups is 1. The molecule has 0 amide bonds. The number of hydrogen-bond donors (Lipinski definition) is 1. The van der Waals surface area contributed by atoms with Crippen molar-refractivity contribution in [3.63, 3.8) is 0 Å². The van der Waals surface area contributed by atoms with E-state index >= 15 is 0 Å². The van der Waals surface area contributed by atoms with Crippen LogP contribution in [0.3, 0.4) is 0 Å². The van der Waals surface area contributed by atoms with Crippen molar-refractivity contribution < 1.29 is 41.3 Å². The van der Waals surface area contributed by atoms with Crippen molar-refractivity contribution >= 4 is 5.97 Å². The molecule has 0 radical (unpaired) electrons. The van der Waals surface area contributed by atoms with Crippen LogP contribution in [0.25, 0.3) is 0 Å². The second-order valence-electron chi connectivity index (χ2n) is 4.41. The van der Waals surface area contributed by atoms with E-state index in [1.54, 1.807) is 13.8 Å². The van der Waals surface area contributed by atoms with E-state index < -0.39 is 37.1 Å². The zero-order valence-electron chi connectivity index (χ0n) is 11.8. The van der Waals surface area contributed by atoms with Gasteiger partial charge in [0.1, 0.15) is 0 Å². The highest BCUT2D eigenvalue weighted by Gasteiger charge is 2.75. The summed E-state index contributed by atoms with van der Waals surface area (Å²) in [7, 11) is 0. The number of hydrogen-bond acceptors (Lipinski definition) is 4. The fraction of sp³-hybridized carbons (Fsp3) is 0.917. The van der Waals surface area contributed by atoms with Crippen molar-refractivity contribution in [1.29, 1.82) is 0 Å². The molecule has 0 aliphatic heterocycles. The fourth-order valence-electron chi connectivity index (χ4n) is 1.25. The number of carbonyl (C=O) groups excluding carboxylic acids is 1. The Morgan fingerprint density at radius 3 is 1.90 bits per heavy atom. The van der Waals surface area contributed by atoms with Crippen molar-refractivity contribution in [3.8, 4) is 0 Å². The summed E-state index contributed by atoms with van der Waals surface area (Å²) in [5, 5.41) is 9.23. The summed E-state index contributed by atoms with van der Waals surface area (Å²) in [5.74, 6) is -12.6. The van der Waals surface area contributed by atoms with Crippen LogP contribution < -0.4 is 0 Å². The molecule has 0 aliphatic carbocycles. The number of alkyl halides is 5. The summed E-state index contributed by atoms with van der Waals surface area (Å²) in [4.78, 5) is 11.2. The first kappa shape index (κ1) is 20.0. The Morgan fingerprint density at radius 1 is 1.00 bits per heavy atom. The van der Waals surface area contributed by atoms with Crippen LogP contribution in [0, 0.1) is 0 Å². The summed E-state index contributed by atoms with van der Waals surface area (Å²) in [6.45, 7) is 2.03. The van der Waals surface area contributed by atoms with Crippen molar-refractivity contribution in [2.75, 3.05) is 13.2 Å². The quantitative estimate of drug-likeness (QED) is 0.307. The molecule has 0 aliphatic rings. The standard InChI is InChI=1S/C12H19F5O4/c1-3-5-7-20-9(18)10(13,14)11(19,12(15,16)17)21-8-6-4-2/h19H,3-8H2,1-2H3. The molecule has 4 nitrogen and oxygen atoms in total. The van der Waals surface area contributed by atoms with Crippen LogP contribution in [0.5, 0.6) is 0 Å². The lowest BCUT2D eigenvalue weighted by atomic mass is 10.1. The third kappa shape index (κ3) is 4.77. The first-order valence-electron chi connectivity index (χ1n) is 6.52. The van der Waals surface area contributed by atoms with E-state index in [0.29, 0.717) is 12.8 Å². The average molecular weight is 322 g/mol. The Kier molecular flexibility index (Phi) is 7.52. The van der Waals surface area contributed by atoms with Crippen molar-refractivity contribution in [2.24, 2.45) is 0 Å². The molecule has 0 aromatic carbocycles. The number of esters is 1. The topological polar surface area (TPSA) is 55.8 Å². The predicted molar refractivity (Wildman–Crippen MR) is 62.7 cm³/mol. The summed E-state index contributed by atoms with van der Waals surface area (Å²) < 4.78 is 73.4. The smallest absolute Gasteiger partial charge is 0.450 e. The average Bonchev–Trinajstić information content (AvgIpc) is 2.37. The highest BCUT2D eigenvalue weighted by molar-refractivity contribution is 5.79. The second kappa shape index (κ2) is 7.88. The van der Waals surface area contributed by atoms with Gasteiger partial charge in [0, 0.05) is 0 Å². The minimum Gasteiger partial charge on any atom is -0.461 e. The van der Waals surface area contributed by atoms with Crippen LogP contribution in [-0.2, 0) is 14.3 Å². The molecule has 1 atom stereocenters. The lowest BCUT2D eigenvalue weighted by Crippen LogP contribution is -2.64. The van der Waals surface area contributed by atoms with Crippen LogP contribution >= 0.6 is 0 Å². The van der Waals surface area contributed by atoms with Crippen molar-refractivity contribution in [2.45, 2.75) is 57.4 Å². The van der Waals surface area contributed by atoms with Gasteiger partial charge in [0.2, 0.25) is 0 Å². The molecule has 0 aromatic heterocycles. The van der Waals surface area contributed by atoms with Gasteiger partial charge in [-0.2, -0.15) is 22.0 Å². The minimum atomic E-state index is -5.85. The second-order valence-corrected chi connectivity index (χ2v) is 4.41. The van der Waals surface area contributed by atoms with Gasteiger partial charge in [-0.3, -0.25) is 0 Å². The normalized spacial score (nSPS) is 15.6. The molecule has 9 heteroatoms. The molecule has 0 saturated carbocycles. The molecule has 21 heavy (non-hydrogen) atoms. The van der Waals surface area contributed by atoms with Gasteiger partial charge in [0.05, 0.1) is 13.2 Å². The monoisotopic (exact) mass is 322 g/mol. The Morgan fingerprint density at radius 2 is 1.48 bits per heavy atom. The maximum absolute atomic E-state index is 13.6. The Hall–Kier alpha value is -0.960. The molecule has 0 bridgehead atoms. The molecule has 0 heterocycles. The highest BCUT2D eigenvalue weighted by atomic mass is 19.4. The van der Waals surface area contributed by atoms with Gasteiger partial charge < -0.3 is 14.6 Å². The SMILES string of the molecule is CCCCOC(=O)C(F)(F)C(O)(OCCCC)C(F)(F)F. The van der Waals surface area contributed by atoms with E-state index in [0.717, 1.165) is 0 Å². The van der Waals surface area contributed by atoms with Gasteiger partial charge in [0.15, 0.2) is 0 Å². The zero-order valence-corrected chi connectivity index (χ0v) is 11.8. The summed E-state index contributed by atoms with van der Waals surface area (Å²) in [6, 6.07) is 0. The molecule has 0 aromatic rings. The summed E-state index contributed by atoms with van der Waals surface area (Å²) in [6.07, 6.45) is -4.77.